The first-order valence-corrected chi connectivity index (χ1v) is 20.4. The van der Waals surface area contributed by atoms with Crippen molar-refractivity contribution in [3.63, 3.8) is 0 Å². The maximum Gasteiger partial charge on any atom is 0.0786 e. The number of quaternary nitrogens is 2. The highest BCUT2D eigenvalue weighted by Gasteiger charge is 2.25. The second-order valence-electron chi connectivity index (χ2n) is 13.9. The molecule has 0 aliphatic rings. The molecule has 48 heavy (non-hydrogen) atoms. The molecule has 0 N–H and O–H groups in total. The fourth-order valence-electron chi connectivity index (χ4n) is 6.13. The summed E-state index contributed by atoms with van der Waals surface area (Å²) >= 11 is 0. The summed E-state index contributed by atoms with van der Waals surface area (Å²) < 4.78 is 2.84. The Bertz CT molecular complexity index is 725. The molecule has 4 nitrogen and oxygen atoms in total. The van der Waals surface area contributed by atoms with E-state index < -0.39 is 0 Å². The summed E-state index contributed by atoms with van der Waals surface area (Å²) in [6.07, 6.45) is 22.1. The van der Waals surface area contributed by atoms with Crippen molar-refractivity contribution in [2.24, 2.45) is 0 Å². The van der Waals surface area contributed by atoms with Crippen molar-refractivity contribution in [2.75, 3.05) is 52.4 Å². The normalized spacial score (nSPS) is 11.0. The lowest BCUT2D eigenvalue weighted by Crippen LogP contribution is -2.50. The van der Waals surface area contributed by atoms with Gasteiger partial charge in [0.1, 0.15) is 0 Å². The third kappa shape index (κ3) is 27.9. The predicted octanol–water partition coefficient (Wildman–Crippen LogP) is 11.5. The number of rotatable bonds is 24. The van der Waals surface area contributed by atoms with Crippen molar-refractivity contribution in [2.45, 2.75) is 158 Å². The van der Waals surface area contributed by atoms with Crippen LogP contribution in [-0.4, -0.2) is 61.3 Å². The van der Waals surface area contributed by atoms with E-state index in [-0.39, 0.29) is 11.5 Å². The molecule has 2 rings (SSSR count). The molecule has 0 unspecified atom stereocenters. The maximum atomic E-state index is 10.3. The second-order valence-corrected chi connectivity index (χ2v) is 13.9. The Morgan fingerprint density at radius 1 is 0.312 bits per heavy atom. The van der Waals surface area contributed by atoms with Gasteiger partial charge >= 0.3 is 0 Å². The van der Waals surface area contributed by atoms with Gasteiger partial charge in [-0.15, -0.1) is 11.5 Å². The lowest BCUT2D eigenvalue weighted by molar-refractivity contribution is -0.929. The van der Waals surface area contributed by atoms with E-state index in [9.17, 15) is 10.2 Å². The molecule has 0 atom stereocenters. The topological polar surface area (TPSA) is 46.1 Å². The van der Waals surface area contributed by atoms with Crippen LogP contribution < -0.4 is 10.2 Å². The van der Waals surface area contributed by atoms with Crippen molar-refractivity contribution in [3.8, 4) is 11.5 Å². The van der Waals surface area contributed by atoms with Crippen LogP contribution in [0.15, 0.2) is 60.7 Å². The maximum absolute atomic E-state index is 10.3. The van der Waals surface area contributed by atoms with Crippen molar-refractivity contribution in [1.82, 2.24) is 0 Å². The predicted molar refractivity (Wildman–Crippen MR) is 210 cm³/mol. The highest BCUT2D eigenvalue weighted by Crippen LogP contribution is 2.17. The fourth-order valence-corrected chi connectivity index (χ4v) is 6.13. The van der Waals surface area contributed by atoms with E-state index in [0.717, 1.165) is 0 Å². The Hall–Kier alpha value is -2.04. The summed E-state index contributed by atoms with van der Waals surface area (Å²) in [6.45, 7) is 30.0. The Labute approximate surface area is 301 Å². The number of unbranched alkanes of at least 4 members (excludes halogenated alkanes) is 8. The van der Waals surface area contributed by atoms with Gasteiger partial charge in [-0.3, -0.25) is 0 Å². The molecule has 280 valence electrons. The van der Waals surface area contributed by atoms with Crippen LogP contribution in [0, 0.1) is 0 Å². The van der Waals surface area contributed by atoms with Gasteiger partial charge in [0.05, 0.1) is 52.4 Å². The van der Waals surface area contributed by atoms with Crippen LogP contribution in [0.5, 0.6) is 11.5 Å². The van der Waals surface area contributed by atoms with E-state index in [1.807, 2.05) is 12.1 Å². The summed E-state index contributed by atoms with van der Waals surface area (Å²) in [6, 6.07) is 16.7. The molecule has 0 saturated carbocycles. The lowest BCUT2D eigenvalue weighted by atomic mass is 10.1. The zero-order chi connectivity index (χ0) is 36.2. The molecule has 2 aromatic carbocycles. The van der Waals surface area contributed by atoms with Gasteiger partial charge in [0.2, 0.25) is 0 Å². The molecule has 0 aliphatic carbocycles. The molecule has 0 amide bonds. The van der Waals surface area contributed by atoms with E-state index in [4.69, 9.17) is 0 Å². The molecular formula is C44H82N2O2. The van der Waals surface area contributed by atoms with Gasteiger partial charge < -0.3 is 19.2 Å². The highest BCUT2D eigenvalue weighted by molar-refractivity contribution is 5.17. The Balaban J connectivity index is 0. The first kappa shape index (κ1) is 48.1. The summed E-state index contributed by atoms with van der Waals surface area (Å²) in [5.41, 5.74) is 0. The van der Waals surface area contributed by atoms with Gasteiger partial charge in [-0.1, -0.05) is 167 Å². The van der Waals surface area contributed by atoms with Crippen LogP contribution in [0.4, 0.5) is 0 Å². The van der Waals surface area contributed by atoms with Crippen LogP contribution >= 0.6 is 0 Å². The number of nitrogens with zero attached hydrogens (tertiary/aromatic N) is 2. The van der Waals surface area contributed by atoms with Crippen LogP contribution in [0.1, 0.15) is 158 Å². The molecule has 0 bridgehead atoms. The third-order valence-corrected chi connectivity index (χ3v) is 9.37. The first-order valence-electron chi connectivity index (χ1n) is 20.4. The molecule has 0 radical (unpaired) electrons. The van der Waals surface area contributed by atoms with Crippen LogP contribution in [0.2, 0.25) is 0 Å². The van der Waals surface area contributed by atoms with E-state index in [2.05, 4.69) is 55.4 Å². The standard InChI is InChI=1S/2C16H36N.2C6H6O/c2*1-5-9-13-17(14-10-6-2,15-11-7-3)16-12-8-4;2*7-6-4-2-1-3-5-6/h2*5-16H2,1-4H3;2*1-5,7H/q2*+1;;/p-2. The quantitative estimate of drug-likeness (QED) is 0.104. The monoisotopic (exact) mass is 671 g/mol. The number of benzene rings is 2. The summed E-state index contributed by atoms with van der Waals surface area (Å²) in [5, 5.41) is 20.5. The van der Waals surface area contributed by atoms with Crippen LogP contribution in [-0.2, 0) is 0 Å². The van der Waals surface area contributed by atoms with Crippen molar-refractivity contribution in [1.29, 1.82) is 0 Å². The Kier molecular flexibility index (Phi) is 34.9. The minimum absolute atomic E-state index is 0.0718. The molecule has 0 spiro atoms. The van der Waals surface area contributed by atoms with E-state index in [1.165, 1.54) is 188 Å². The minimum Gasteiger partial charge on any atom is -0.872 e. The summed E-state index contributed by atoms with van der Waals surface area (Å²) in [5.74, 6) is 0.144. The Morgan fingerprint density at radius 2 is 0.479 bits per heavy atom. The molecular weight excluding hydrogens is 588 g/mol. The molecule has 0 aromatic heterocycles. The summed E-state index contributed by atoms with van der Waals surface area (Å²) in [7, 11) is 0. The molecule has 4 heteroatoms. The molecule has 2 aromatic rings. The second kappa shape index (κ2) is 34.8. The van der Waals surface area contributed by atoms with Crippen LogP contribution in [0.3, 0.4) is 0 Å². The van der Waals surface area contributed by atoms with Crippen molar-refractivity contribution in [3.05, 3.63) is 60.7 Å². The summed E-state index contributed by atoms with van der Waals surface area (Å²) in [4.78, 5) is 0. The van der Waals surface area contributed by atoms with Gasteiger partial charge in [0.25, 0.3) is 0 Å². The number of hydrogen-bond acceptors (Lipinski definition) is 2. The lowest BCUT2D eigenvalue weighted by Gasteiger charge is -2.39. The van der Waals surface area contributed by atoms with Gasteiger partial charge in [-0.25, -0.2) is 0 Å². The SMILES string of the molecule is CCCC[N+](CCCC)(CCCC)CCCC.CCCC[N+](CCCC)(CCCC)CCCC.[O-]c1ccccc1.[O-]c1ccccc1. The number of para-hydroxylation sites is 2. The van der Waals surface area contributed by atoms with E-state index in [1.54, 1.807) is 24.3 Å². The molecule has 0 aliphatic heterocycles. The first-order chi connectivity index (χ1) is 23.3. The molecule has 0 fully saturated rings. The van der Waals surface area contributed by atoms with Crippen LogP contribution in [0.25, 0.3) is 0 Å². The average Bonchev–Trinajstić information content (AvgIpc) is 3.12. The third-order valence-electron chi connectivity index (χ3n) is 9.37. The average molecular weight is 671 g/mol. The highest BCUT2D eigenvalue weighted by atomic mass is 16.3. The van der Waals surface area contributed by atoms with Gasteiger partial charge in [-0.05, 0) is 51.4 Å². The van der Waals surface area contributed by atoms with Gasteiger partial charge in [0.15, 0.2) is 0 Å². The minimum atomic E-state index is 0.0718. The molecule has 0 heterocycles. The van der Waals surface area contributed by atoms with Crippen molar-refractivity contribution < 1.29 is 19.2 Å². The largest absolute Gasteiger partial charge is 0.872 e. The molecule has 0 saturated heterocycles. The Morgan fingerprint density at radius 3 is 0.583 bits per heavy atom. The van der Waals surface area contributed by atoms with Gasteiger partial charge in [-0.2, -0.15) is 0 Å². The fraction of sp³-hybridized carbons (Fsp3) is 0.727. The smallest absolute Gasteiger partial charge is 0.0786 e. The van der Waals surface area contributed by atoms with Crippen molar-refractivity contribution >= 4 is 0 Å². The zero-order valence-corrected chi connectivity index (χ0v) is 33.5. The van der Waals surface area contributed by atoms with E-state index >= 15 is 0 Å². The zero-order valence-electron chi connectivity index (χ0n) is 33.5. The van der Waals surface area contributed by atoms with Gasteiger partial charge in [0, 0.05) is 0 Å². The number of hydrogen-bond donors (Lipinski definition) is 0. The van der Waals surface area contributed by atoms with E-state index in [0.29, 0.717) is 0 Å².